The molecule has 5 unspecified atom stereocenters. The molecule has 0 aromatic heterocycles. The lowest BCUT2D eigenvalue weighted by Gasteiger charge is -2.24. The SMILES string of the molecule is COc1ccc(C(Cl)C2C(C)OC(C)C2C)cc1. The number of benzene rings is 1. The smallest absolute Gasteiger partial charge is 0.118 e. The molecule has 100 valence electrons. The third-order valence-corrected chi connectivity index (χ3v) is 4.63. The number of ether oxygens (including phenoxy) is 2. The monoisotopic (exact) mass is 268 g/mol. The Morgan fingerprint density at radius 3 is 2.17 bits per heavy atom. The molecule has 1 saturated heterocycles. The third-order valence-electron chi connectivity index (χ3n) is 4.09. The molecule has 0 aliphatic carbocycles. The van der Waals surface area contributed by atoms with E-state index in [-0.39, 0.29) is 17.6 Å². The fourth-order valence-electron chi connectivity index (χ4n) is 2.81. The molecule has 1 fully saturated rings. The first-order valence-corrected chi connectivity index (χ1v) is 6.91. The maximum Gasteiger partial charge on any atom is 0.118 e. The quantitative estimate of drug-likeness (QED) is 0.771. The van der Waals surface area contributed by atoms with Crippen molar-refractivity contribution in [2.75, 3.05) is 7.11 Å². The van der Waals surface area contributed by atoms with E-state index in [1.807, 2.05) is 24.3 Å². The van der Waals surface area contributed by atoms with E-state index in [0.29, 0.717) is 11.8 Å². The number of alkyl halides is 1. The van der Waals surface area contributed by atoms with E-state index in [1.54, 1.807) is 7.11 Å². The summed E-state index contributed by atoms with van der Waals surface area (Å²) in [4.78, 5) is 0. The van der Waals surface area contributed by atoms with Gasteiger partial charge in [0.2, 0.25) is 0 Å². The summed E-state index contributed by atoms with van der Waals surface area (Å²) < 4.78 is 11.0. The predicted octanol–water partition coefficient (Wildman–Crippen LogP) is 4.03. The van der Waals surface area contributed by atoms with Crippen molar-refractivity contribution in [3.8, 4) is 5.75 Å². The van der Waals surface area contributed by atoms with E-state index in [9.17, 15) is 0 Å². The van der Waals surface area contributed by atoms with E-state index >= 15 is 0 Å². The number of rotatable bonds is 3. The van der Waals surface area contributed by atoms with Crippen molar-refractivity contribution in [3.05, 3.63) is 29.8 Å². The van der Waals surface area contributed by atoms with Crippen molar-refractivity contribution in [1.82, 2.24) is 0 Å². The summed E-state index contributed by atoms with van der Waals surface area (Å²) >= 11 is 6.64. The molecule has 18 heavy (non-hydrogen) atoms. The summed E-state index contributed by atoms with van der Waals surface area (Å²) in [6.07, 6.45) is 0.490. The van der Waals surface area contributed by atoms with Gasteiger partial charge in [0.25, 0.3) is 0 Å². The minimum atomic E-state index is -0.00847. The molecule has 0 amide bonds. The summed E-state index contributed by atoms with van der Waals surface area (Å²) in [7, 11) is 1.67. The summed E-state index contributed by atoms with van der Waals surface area (Å²) in [5, 5.41) is -0.00847. The second kappa shape index (κ2) is 5.50. The van der Waals surface area contributed by atoms with E-state index < -0.39 is 0 Å². The van der Waals surface area contributed by atoms with Gasteiger partial charge in [0.1, 0.15) is 5.75 Å². The number of hydrogen-bond acceptors (Lipinski definition) is 2. The molecular formula is C15H21ClO2. The highest BCUT2D eigenvalue weighted by atomic mass is 35.5. The summed E-state index contributed by atoms with van der Waals surface area (Å²) in [6, 6.07) is 8.00. The first kappa shape index (κ1) is 13.7. The normalized spacial score (nSPS) is 33.4. The molecule has 5 atom stereocenters. The van der Waals surface area contributed by atoms with Crippen molar-refractivity contribution < 1.29 is 9.47 Å². The Morgan fingerprint density at radius 1 is 1.11 bits per heavy atom. The molecule has 1 aliphatic rings. The number of halogens is 1. The van der Waals surface area contributed by atoms with E-state index in [1.165, 1.54) is 0 Å². The molecule has 0 N–H and O–H groups in total. The topological polar surface area (TPSA) is 18.5 Å². The van der Waals surface area contributed by atoms with Crippen LogP contribution in [-0.2, 0) is 4.74 Å². The maximum absolute atomic E-state index is 6.64. The summed E-state index contributed by atoms with van der Waals surface area (Å²) in [5.41, 5.74) is 1.14. The van der Waals surface area contributed by atoms with Crippen LogP contribution in [0.1, 0.15) is 31.7 Å². The molecule has 2 rings (SSSR count). The van der Waals surface area contributed by atoms with Gasteiger partial charge in [0.05, 0.1) is 24.7 Å². The van der Waals surface area contributed by atoms with Gasteiger partial charge in [0, 0.05) is 5.92 Å². The molecule has 0 bridgehead atoms. The van der Waals surface area contributed by atoms with Gasteiger partial charge in [-0.25, -0.2) is 0 Å². The van der Waals surface area contributed by atoms with Crippen LogP contribution in [0.25, 0.3) is 0 Å². The Hall–Kier alpha value is -0.730. The Bertz CT molecular complexity index is 390. The van der Waals surface area contributed by atoms with Crippen LogP contribution in [0.5, 0.6) is 5.75 Å². The minimum absolute atomic E-state index is 0.00847. The van der Waals surface area contributed by atoms with Gasteiger partial charge >= 0.3 is 0 Å². The largest absolute Gasteiger partial charge is 0.497 e. The van der Waals surface area contributed by atoms with Crippen LogP contribution in [0.15, 0.2) is 24.3 Å². The third kappa shape index (κ3) is 2.50. The second-order valence-electron chi connectivity index (χ2n) is 5.16. The van der Waals surface area contributed by atoms with Gasteiger partial charge in [0.15, 0.2) is 0 Å². The van der Waals surface area contributed by atoms with Gasteiger partial charge in [-0.1, -0.05) is 19.1 Å². The van der Waals surface area contributed by atoms with Gasteiger partial charge in [-0.3, -0.25) is 0 Å². The second-order valence-corrected chi connectivity index (χ2v) is 5.63. The molecule has 1 aromatic carbocycles. The lowest BCUT2D eigenvalue weighted by atomic mass is 9.84. The highest BCUT2D eigenvalue weighted by Gasteiger charge is 2.41. The zero-order valence-corrected chi connectivity index (χ0v) is 12.1. The van der Waals surface area contributed by atoms with Crippen molar-refractivity contribution in [3.63, 3.8) is 0 Å². The van der Waals surface area contributed by atoms with E-state index in [0.717, 1.165) is 11.3 Å². The standard InChI is InChI=1S/C15H21ClO2/c1-9-10(2)18-11(3)14(9)15(16)12-5-7-13(17-4)8-6-12/h5-11,14-15H,1-4H3. The number of hydrogen-bond donors (Lipinski definition) is 0. The van der Waals surface area contributed by atoms with Crippen LogP contribution in [0.2, 0.25) is 0 Å². The van der Waals surface area contributed by atoms with Crippen molar-refractivity contribution in [1.29, 1.82) is 0 Å². The van der Waals surface area contributed by atoms with Crippen LogP contribution >= 0.6 is 11.6 Å². The van der Waals surface area contributed by atoms with Crippen LogP contribution in [0, 0.1) is 11.8 Å². The van der Waals surface area contributed by atoms with Crippen molar-refractivity contribution in [2.45, 2.75) is 38.4 Å². The fourth-order valence-corrected chi connectivity index (χ4v) is 3.39. The van der Waals surface area contributed by atoms with Gasteiger partial charge < -0.3 is 9.47 Å². The molecular weight excluding hydrogens is 248 g/mol. The average molecular weight is 269 g/mol. The van der Waals surface area contributed by atoms with Crippen LogP contribution in [0.3, 0.4) is 0 Å². The van der Waals surface area contributed by atoms with Crippen molar-refractivity contribution in [2.24, 2.45) is 11.8 Å². The Morgan fingerprint density at radius 2 is 1.72 bits per heavy atom. The van der Waals surface area contributed by atoms with Crippen LogP contribution < -0.4 is 4.74 Å². The minimum Gasteiger partial charge on any atom is -0.497 e. The lowest BCUT2D eigenvalue weighted by Crippen LogP contribution is -2.22. The Balaban J connectivity index is 2.17. The molecule has 0 radical (unpaired) electrons. The van der Waals surface area contributed by atoms with Gasteiger partial charge in [-0.15, -0.1) is 11.6 Å². The fraction of sp³-hybridized carbons (Fsp3) is 0.600. The predicted molar refractivity (Wildman–Crippen MR) is 74.3 cm³/mol. The van der Waals surface area contributed by atoms with Gasteiger partial charge in [-0.2, -0.15) is 0 Å². The molecule has 0 spiro atoms. The summed E-state index contributed by atoms with van der Waals surface area (Å²) in [5.74, 6) is 1.69. The molecule has 1 aromatic rings. The Kier molecular flexibility index (Phi) is 4.18. The lowest BCUT2D eigenvalue weighted by molar-refractivity contribution is 0.0508. The van der Waals surface area contributed by atoms with E-state index in [4.69, 9.17) is 21.1 Å². The summed E-state index contributed by atoms with van der Waals surface area (Å²) in [6.45, 7) is 6.46. The molecule has 3 heteroatoms. The molecule has 2 nitrogen and oxygen atoms in total. The van der Waals surface area contributed by atoms with Crippen LogP contribution in [0.4, 0.5) is 0 Å². The zero-order valence-electron chi connectivity index (χ0n) is 11.4. The molecule has 0 saturated carbocycles. The zero-order chi connectivity index (χ0) is 13.3. The van der Waals surface area contributed by atoms with Crippen LogP contribution in [-0.4, -0.2) is 19.3 Å². The van der Waals surface area contributed by atoms with Crippen molar-refractivity contribution >= 4 is 11.6 Å². The average Bonchev–Trinajstić information content (AvgIpc) is 2.63. The van der Waals surface area contributed by atoms with E-state index in [2.05, 4.69) is 20.8 Å². The maximum atomic E-state index is 6.64. The Labute approximate surface area is 114 Å². The first-order chi connectivity index (χ1) is 8.54. The van der Waals surface area contributed by atoms with Gasteiger partial charge in [-0.05, 0) is 37.5 Å². The first-order valence-electron chi connectivity index (χ1n) is 6.48. The highest BCUT2D eigenvalue weighted by molar-refractivity contribution is 6.21. The molecule has 1 heterocycles. The molecule has 1 aliphatic heterocycles. The number of methoxy groups -OCH3 is 1. The highest BCUT2D eigenvalue weighted by Crippen LogP contribution is 2.44.